The maximum Gasteiger partial charge on any atom is 0.339 e. The Balaban J connectivity index is 1.98. The van der Waals surface area contributed by atoms with Crippen molar-refractivity contribution in [3.05, 3.63) is 52.0 Å². The number of anilines is 1. The molecule has 0 unspecified atom stereocenters. The largest absolute Gasteiger partial charge is 0.379 e. The van der Waals surface area contributed by atoms with Gasteiger partial charge in [-0.15, -0.1) is 0 Å². The van der Waals surface area contributed by atoms with Crippen LogP contribution in [0.4, 0.5) is 10.5 Å². The zero-order chi connectivity index (χ0) is 26.3. The first kappa shape index (κ1) is 28.4. The summed E-state index contributed by atoms with van der Waals surface area (Å²) < 4.78 is 37.8. The van der Waals surface area contributed by atoms with Gasteiger partial charge in [0.1, 0.15) is 10.6 Å². The van der Waals surface area contributed by atoms with Gasteiger partial charge in [0.25, 0.3) is 0 Å². The molecule has 36 heavy (non-hydrogen) atoms. The van der Waals surface area contributed by atoms with Gasteiger partial charge in [-0.3, -0.25) is 0 Å². The lowest BCUT2D eigenvalue weighted by Gasteiger charge is -2.27. The van der Waals surface area contributed by atoms with Crippen LogP contribution in [0.25, 0.3) is 0 Å². The zero-order valence-electron chi connectivity index (χ0n) is 20.8. The normalized spacial score (nSPS) is 15.5. The standard InChI is InChI=1S/C25H33Cl2N3O5S/c1-4-28-25(31)30(17-20-8-7-13-34-20)16-18-9-10-19(29(5-2)6-3)14-24(18)35-36(32,33)21-11-12-22(26)23(27)15-21/h9-12,14-15,20H,4-8,13,16-17H2,1-3H3,(H,28,31)/t20-/m1/s1. The van der Waals surface area contributed by atoms with Crippen molar-refractivity contribution in [3.63, 3.8) is 0 Å². The van der Waals surface area contributed by atoms with E-state index in [1.165, 1.54) is 18.2 Å². The molecule has 1 fully saturated rings. The SMILES string of the molecule is CCNC(=O)N(Cc1ccc(N(CC)CC)cc1OS(=O)(=O)c1ccc(Cl)c(Cl)c1)C[C@H]1CCCO1. The minimum absolute atomic E-state index is 0.0631. The van der Waals surface area contributed by atoms with E-state index in [1.54, 1.807) is 17.0 Å². The summed E-state index contributed by atoms with van der Waals surface area (Å²) in [6.07, 6.45) is 1.75. The highest BCUT2D eigenvalue weighted by Crippen LogP contribution is 2.32. The lowest BCUT2D eigenvalue weighted by atomic mass is 10.1. The molecule has 3 rings (SSSR count). The molecule has 2 aromatic rings. The van der Waals surface area contributed by atoms with Crippen LogP contribution in [-0.4, -0.2) is 58.2 Å². The Hall–Kier alpha value is -2.20. The summed E-state index contributed by atoms with van der Waals surface area (Å²) in [7, 11) is -4.23. The van der Waals surface area contributed by atoms with Crippen LogP contribution in [0.15, 0.2) is 41.3 Å². The van der Waals surface area contributed by atoms with Gasteiger partial charge in [0.05, 0.1) is 22.7 Å². The van der Waals surface area contributed by atoms with E-state index < -0.39 is 10.1 Å². The molecule has 1 saturated heterocycles. The monoisotopic (exact) mass is 557 g/mol. The summed E-state index contributed by atoms with van der Waals surface area (Å²) in [5.41, 5.74) is 1.37. The second-order valence-electron chi connectivity index (χ2n) is 8.43. The second kappa shape index (κ2) is 12.9. The fourth-order valence-electron chi connectivity index (χ4n) is 4.06. The summed E-state index contributed by atoms with van der Waals surface area (Å²) in [6.45, 7) is 9.03. The van der Waals surface area contributed by atoms with E-state index in [0.717, 1.165) is 31.6 Å². The van der Waals surface area contributed by atoms with Crippen LogP contribution in [0.1, 0.15) is 39.2 Å². The molecular weight excluding hydrogens is 525 g/mol. The number of carbonyl (C=O) groups excluding carboxylic acids is 1. The first-order valence-electron chi connectivity index (χ1n) is 12.1. The van der Waals surface area contributed by atoms with Gasteiger partial charge in [-0.05, 0) is 57.9 Å². The highest BCUT2D eigenvalue weighted by atomic mass is 35.5. The van der Waals surface area contributed by atoms with Crippen molar-refractivity contribution in [1.29, 1.82) is 0 Å². The summed E-state index contributed by atoms with van der Waals surface area (Å²) in [4.78, 5) is 16.4. The molecule has 0 aliphatic carbocycles. The van der Waals surface area contributed by atoms with E-state index >= 15 is 0 Å². The first-order valence-corrected chi connectivity index (χ1v) is 14.3. The third-order valence-corrected chi connectivity index (χ3v) is 7.95. The van der Waals surface area contributed by atoms with Crippen molar-refractivity contribution in [1.82, 2.24) is 10.2 Å². The van der Waals surface area contributed by atoms with Crippen molar-refractivity contribution < 1.29 is 22.1 Å². The number of urea groups is 1. The summed E-state index contributed by atoms with van der Waals surface area (Å²) >= 11 is 12.0. The molecule has 198 valence electrons. The number of rotatable bonds is 11. The Bertz CT molecular complexity index is 1150. The molecule has 11 heteroatoms. The Morgan fingerprint density at radius 2 is 1.86 bits per heavy atom. The third kappa shape index (κ3) is 7.18. The van der Waals surface area contributed by atoms with Crippen molar-refractivity contribution in [2.24, 2.45) is 0 Å². The highest BCUT2D eigenvalue weighted by molar-refractivity contribution is 7.87. The molecule has 1 aliphatic heterocycles. The number of carbonyl (C=O) groups is 1. The van der Waals surface area contributed by atoms with Gasteiger partial charge < -0.3 is 24.0 Å². The first-order chi connectivity index (χ1) is 17.2. The van der Waals surface area contributed by atoms with Gasteiger partial charge in [0, 0.05) is 50.1 Å². The van der Waals surface area contributed by atoms with Crippen LogP contribution in [0.5, 0.6) is 5.75 Å². The van der Waals surface area contributed by atoms with E-state index in [2.05, 4.69) is 10.2 Å². The molecule has 1 N–H and O–H groups in total. The van der Waals surface area contributed by atoms with Crippen LogP contribution < -0.4 is 14.4 Å². The van der Waals surface area contributed by atoms with Gasteiger partial charge in [-0.25, -0.2) is 4.79 Å². The molecule has 0 radical (unpaired) electrons. The minimum atomic E-state index is -4.23. The number of benzene rings is 2. The van der Waals surface area contributed by atoms with Crippen molar-refractivity contribution in [2.45, 2.75) is 51.2 Å². The summed E-state index contributed by atoms with van der Waals surface area (Å²) in [5.74, 6) is 0.145. The molecule has 1 heterocycles. The fraction of sp³-hybridized carbons (Fsp3) is 0.480. The predicted molar refractivity (Wildman–Crippen MR) is 143 cm³/mol. The molecule has 0 saturated carbocycles. The molecule has 0 spiro atoms. The lowest BCUT2D eigenvalue weighted by molar-refractivity contribution is 0.0794. The second-order valence-corrected chi connectivity index (χ2v) is 10.8. The maximum absolute atomic E-state index is 13.2. The molecule has 8 nitrogen and oxygen atoms in total. The number of nitrogens with zero attached hydrogens (tertiary/aromatic N) is 2. The zero-order valence-corrected chi connectivity index (χ0v) is 23.1. The molecule has 0 aromatic heterocycles. The van der Waals surface area contributed by atoms with Crippen LogP contribution in [0, 0.1) is 0 Å². The van der Waals surface area contributed by atoms with E-state index in [0.29, 0.717) is 25.3 Å². The van der Waals surface area contributed by atoms with Crippen LogP contribution in [0.3, 0.4) is 0 Å². The van der Waals surface area contributed by atoms with Crippen molar-refractivity contribution in [3.8, 4) is 5.75 Å². The molecule has 2 amide bonds. The highest BCUT2D eigenvalue weighted by Gasteiger charge is 2.26. The fourth-order valence-corrected chi connectivity index (χ4v) is 5.41. The minimum Gasteiger partial charge on any atom is -0.379 e. The van der Waals surface area contributed by atoms with Gasteiger partial charge in [0.2, 0.25) is 0 Å². The third-order valence-electron chi connectivity index (χ3n) is 5.98. The average molecular weight is 559 g/mol. The number of hydrogen-bond donors (Lipinski definition) is 1. The number of halogens is 2. The quantitative estimate of drug-likeness (QED) is 0.376. The van der Waals surface area contributed by atoms with E-state index in [9.17, 15) is 13.2 Å². The lowest BCUT2D eigenvalue weighted by Crippen LogP contribution is -2.43. The number of nitrogens with one attached hydrogen (secondary N) is 1. The van der Waals surface area contributed by atoms with Gasteiger partial charge in [-0.2, -0.15) is 8.42 Å². The topological polar surface area (TPSA) is 88.2 Å². The molecule has 2 aromatic carbocycles. The smallest absolute Gasteiger partial charge is 0.339 e. The Labute approximate surface area is 223 Å². The van der Waals surface area contributed by atoms with E-state index in [1.807, 2.05) is 26.8 Å². The summed E-state index contributed by atoms with van der Waals surface area (Å²) in [5, 5.41) is 3.18. The molecule has 1 atom stereocenters. The van der Waals surface area contributed by atoms with Crippen LogP contribution in [-0.2, 0) is 21.4 Å². The van der Waals surface area contributed by atoms with Gasteiger partial charge in [-0.1, -0.05) is 29.3 Å². The van der Waals surface area contributed by atoms with Gasteiger partial charge in [0.15, 0.2) is 0 Å². The summed E-state index contributed by atoms with van der Waals surface area (Å²) in [6, 6.07) is 9.16. The van der Waals surface area contributed by atoms with E-state index in [4.69, 9.17) is 32.1 Å². The van der Waals surface area contributed by atoms with E-state index in [-0.39, 0.29) is 39.4 Å². The number of ether oxygens (including phenoxy) is 1. The number of amides is 2. The van der Waals surface area contributed by atoms with Gasteiger partial charge >= 0.3 is 16.1 Å². The number of hydrogen-bond acceptors (Lipinski definition) is 6. The van der Waals surface area contributed by atoms with Crippen LogP contribution >= 0.6 is 23.2 Å². The maximum atomic E-state index is 13.2. The molecular formula is C25H33Cl2N3O5S. The molecule has 0 bridgehead atoms. The van der Waals surface area contributed by atoms with Crippen molar-refractivity contribution in [2.75, 3.05) is 37.7 Å². The Kier molecular flexibility index (Phi) is 10.1. The van der Waals surface area contributed by atoms with Crippen LogP contribution in [0.2, 0.25) is 10.0 Å². The Morgan fingerprint density at radius 3 is 2.47 bits per heavy atom. The molecule has 1 aliphatic rings. The predicted octanol–water partition coefficient (Wildman–Crippen LogP) is 5.32. The average Bonchev–Trinajstić information content (AvgIpc) is 3.35. The Morgan fingerprint density at radius 1 is 1.11 bits per heavy atom. The van der Waals surface area contributed by atoms with Crippen molar-refractivity contribution >= 4 is 45.0 Å².